The highest BCUT2D eigenvalue weighted by Gasteiger charge is 2.33. The second-order valence-corrected chi connectivity index (χ2v) is 7.33. The summed E-state index contributed by atoms with van der Waals surface area (Å²) in [7, 11) is 0. The van der Waals surface area contributed by atoms with E-state index in [1.165, 1.54) is 0 Å². The molecule has 5 nitrogen and oxygen atoms in total. The van der Waals surface area contributed by atoms with Crippen molar-refractivity contribution in [3.63, 3.8) is 0 Å². The van der Waals surface area contributed by atoms with Crippen molar-refractivity contribution in [2.45, 2.75) is 38.5 Å². The first kappa shape index (κ1) is 17.2. The van der Waals surface area contributed by atoms with Gasteiger partial charge in [-0.1, -0.05) is 29.8 Å². The molecule has 0 fully saturated rings. The number of ether oxygens (including phenoxy) is 2. The van der Waals surface area contributed by atoms with Crippen LogP contribution < -0.4 is 15.4 Å². The van der Waals surface area contributed by atoms with Gasteiger partial charge in [-0.25, -0.2) is 0 Å². The third-order valence-corrected chi connectivity index (χ3v) is 5.38. The second kappa shape index (κ2) is 6.82. The van der Waals surface area contributed by atoms with E-state index in [1.54, 1.807) is 0 Å². The molecule has 0 aliphatic carbocycles. The Morgan fingerprint density at radius 1 is 1.35 bits per heavy atom. The minimum Gasteiger partial charge on any atom is -0.467 e. The predicted octanol–water partition coefficient (Wildman–Crippen LogP) is 3.57. The Balaban J connectivity index is 1.74. The molecule has 0 saturated carbocycles. The van der Waals surface area contributed by atoms with Gasteiger partial charge in [0.1, 0.15) is 5.75 Å². The highest BCUT2D eigenvalue weighted by atomic mass is 35.5. The molecule has 2 aliphatic rings. The minimum atomic E-state index is -0.274. The largest absolute Gasteiger partial charge is 0.467 e. The molecule has 1 amide bonds. The quantitative estimate of drug-likeness (QED) is 0.894. The number of hydrogen-bond acceptors (Lipinski definition) is 4. The minimum absolute atomic E-state index is 0.164. The molecule has 2 aliphatic heterocycles. The smallest absolute Gasteiger partial charge is 0.225 e. The van der Waals surface area contributed by atoms with Gasteiger partial charge in [-0.05, 0) is 37.1 Å². The summed E-state index contributed by atoms with van der Waals surface area (Å²) >= 11 is 6.31. The lowest BCUT2D eigenvalue weighted by Gasteiger charge is -2.40. The van der Waals surface area contributed by atoms with Crippen LogP contribution in [0.5, 0.6) is 5.75 Å². The number of benzene rings is 2. The van der Waals surface area contributed by atoms with E-state index in [1.807, 2.05) is 36.4 Å². The van der Waals surface area contributed by atoms with Gasteiger partial charge in [0.2, 0.25) is 5.91 Å². The summed E-state index contributed by atoms with van der Waals surface area (Å²) in [5.41, 5.74) is 9.65. The lowest BCUT2D eigenvalue weighted by atomic mass is 9.85. The maximum absolute atomic E-state index is 11.9. The van der Waals surface area contributed by atoms with Crippen molar-refractivity contribution < 1.29 is 14.3 Å². The number of para-hydroxylation sites is 1. The van der Waals surface area contributed by atoms with Gasteiger partial charge in [-0.2, -0.15) is 0 Å². The van der Waals surface area contributed by atoms with Crippen molar-refractivity contribution in [2.24, 2.45) is 5.73 Å². The van der Waals surface area contributed by atoms with E-state index < -0.39 is 0 Å². The van der Waals surface area contributed by atoms with Gasteiger partial charge in [0, 0.05) is 34.4 Å². The molecule has 2 heterocycles. The van der Waals surface area contributed by atoms with Crippen LogP contribution in [0.2, 0.25) is 5.02 Å². The number of halogens is 1. The molecule has 4 rings (SSSR count). The number of anilines is 1. The highest BCUT2D eigenvalue weighted by molar-refractivity contribution is 6.30. The fraction of sp³-hybridized carbons (Fsp3) is 0.350. The van der Waals surface area contributed by atoms with E-state index in [0.29, 0.717) is 24.6 Å². The number of carbonyl (C=O) groups is 1. The van der Waals surface area contributed by atoms with Crippen LogP contribution in [0.15, 0.2) is 36.4 Å². The Labute approximate surface area is 157 Å². The Morgan fingerprint density at radius 3 is 2.96 bits per heavy atom. The lowest BCUT2D eigenvalue weighted by molar-refractivity contribution is -0.119. The first-order chi connectivity index (χ1) is 12.5. The highest BCUT2D eigenvalue weighted by Crippen LogP contribution is 2.41. The van der Waals surface area contributed by atoms with Gasteiger partial charge in [0.25, 0.3) is 0 Å². The number of amides is 1. The molecular formula is C20H21ClN2O3. The Hall–Kier alpha value is -2.24. The molecule has 6 heteroatoms. The third kappa shape index (κ3) is 3.02. The standard InChI is InChI=1S/C20H21ClN2O3/c1-12-6-17(20(22)24)16-4-2-3-5-18(16)23(12)9-13-7-15(21)8-14-10-25-11-26-19(13)14/h2-5,7-8,12,17H,6,9-11H2,1H3,(H2,22,24)/t12-,17+/m1/s1. The molecule has 26 heavy (non-hydrogen) atoms. The molecule has 2 N–H and O–H groups in total. The van der Waals surface area contributed by atoms with E-state index in [2.05, 4.69) is 11.8 Å². The van der Waals surface area contributed by atoms with Crippen LogP contribution in [0.25, 0.3) is 0 Å². The fourth-order valence-corrected chi connectivity index (χ4v) is 4.21. The number of hydrogen-bond donors (Lipinski definition) is 1. The van der Waals surface area contributed by atoms with Gasteiger partial charge in [-0.3, -0.25) is 4.79 Å². The first-order valence-electron chi connectivity index (χ1n) is 8.71. The number of primary amides is 1. The van der Waals surface area contributed by atoms with Crippen molar-refractivity contribution >= 4 is 23.2 Å². The normalized spacial score (nSPS) is 21.5. The van der Waals surface area contributed by atoms with Crippen molar-refractivity contribution in [3.8, 4) is 5.75 Å². The van der Waals surface area contributed by atoms with E-state index in [0.717, 1.165) is 28.1 Å². The number of nitrogens with zero attached hydrogens (tertiary/aromatic N) is 1. The summed E-state index contributed by atoms with van der Waals surface area (Å²) in [6.07, 6.45) is 0.694. The van der Waals surface area contributed by atoms with E-state index >= 15 is 0 Å². The van der Waals surface area contributed by atoms with Gasteiger partial charge in [-0.15, -0.1) is 0 Å². The molecule has 2 aromatic carbocycles. The summed E-state index contributed by atoms with van der Waals surface area (Å²) in [4.78, 5) is 14.2. The summed E-state index contributed by atoms with van der Waals surface area (Å²) in [5, 5.41) is 0.667. The molecule has 0 saturated heterocycles. The molecule has 0 unspecified atom stereocenters. The van der Waals surface area contributed by atoms with Crippen LogP contribution in [0.3, 0.4) is 0 Å². The molecule has 0 radical (unpaired) electrons. The summed E-state index contributed by atoms with van der Waals surface area (Å²) in [5.74, 6) is 0.322. The summed E-state index contributed by atoms with van der Waals surface area (Å²) < 4.78 is 11.1. The number of fused-ring (bicyclic) bond motifs is 2. The summed E-state index contributed by atoms with van der Waals surface area (Å²) in [6.45, 7) is 3.51. The SMILES string of the molecule is C[C@@H]1C[C@H](C(N)=O)c2ccccc2N1Cc1cc(Cl)cc2c1OCOC2. The van der Waals surface area contributed by atoms with Crippen LogP contribution in [-0.4, -0.2) is 18.7 Å². The van der Waals surface area contributed by atoms with E-state index in [4.69, 9.17) is 26.8 Å². The summed E-state index contributed by atoms with van der Waals surface area (Å²) in [6, 6.07) is 12.0. The zero-order chi connectivity index (χ0) is 18.3. The molecule has 2 atom stereocenters. The van der Waals surface area contributed by atoms with Crippen molar-refractivity contribution in [1.29, 1.82) is 0 Å². The lowest BCUT2D eigenvalue weighted by Crippen LogP contribution is -2.41. The molecule has 136 valence electrons. The van der Waals surface area contributed by atoms with Crippen molar-refractivity contribution in [2.75, 3.05) is 11.7 Å². The predicted molar refractivity (Wildman–Crippen MR) is 100 cm³/mol. The average Bonchev–Trinajstić information content (AvgIpc) is 2.63. The number of nitrogens with two attached hydrogens (primary N) is 1. The fourth-order valence-electron chi connectivity index (χ4n) is 3.94. The van der Waals surface area contributed by atoms with E-state index in [-0.39, 0.29) is 24.7 Å². The van der Waals surface area contributed by atoms with Crippen LogP contribution in [0.4, 0.5) is 5.69 Å². The number of carbonyl (C=O) groups excluding carboxylic acids is 1. The molecule has 0 bridgehead atoms. The van der Waals surface area contributed by atoms with Crippen molar-refractivity contribution in [3.05, 3.63) is 58.1 Å². The first-order valence-corrected chi connectivity index (χ1v) is 9.09. The topological polar surface area (TPSA) is 64.8 Å². The Bertz CT molecular complexity index is 855. The average molecular weight is 373 g/mol. The maximum Gasteiger partial charge on any atom is 0.225 e. The van der Waals surface area contributed by atoms with Crippen LogP contribution >= 0.6 is 11.6 Å². The number of rotatable bonds is 3. The van der Waals surface area contributed by atoms with Crippen molar-refractivity contribution in [1.82, 2.24) is 0 Å². The third-order valence-electron chi connectivity index (χ3n) is 5.17. The Kier molecular flexibility index (Phi) is 4.51. The monoisotopic (exact) mass is 372 g/mol. The van der Waals surface area contributed by atoms with Gasteiger partial charge < -0.3 is 20.1 Å². The van der Waals surface area contributed by atoms with E-state index in [9.17, 15) is 4.79 Å². The van der Waals surface area contributed by atoms with Gasteiger partial charge in [0.15, 0.2) is 6.79 Å². The molecule has 0 aromatic heterocycles. The maximum atomic E-state index is 11.9. The Morgan fingerprint density at radius 2 is 2.15 bits per heavy atom. The molecule has 2 aromatic rings. The zero-order valence-electron chi connectivity index (χ0n) is 14.6. The second-order valence-electron chi connectivity index (χ2n) is 6.89. The van der Waals surface area contributed by atoms with Crippen LogP contribution in [0.1, 0.15) is 36.0 Å². The van der Waals surface area contributed by atoms with Gasteiger partial charge >= 0.3 is 0 Å². The zero-order valence-corrected chi connectivity index (χ0v) is 15.3. The van der Waals surface area contributed by atoms with Crippen LogP contribution in [0, 0.1) is 0 Å². The molecular weight excluding hydrogens is 352 g/mol. The van der Waals surface area contributed by atoms with Crippen LogP contribution in [-0.2, 0) is 22.7 Å². The van der Waals surface area contributed by atoms with Gasteiger partial charge in [0.05, 0.1) is 12.5 Å². The molecule has 0 spiro atoms.